The standard InChI is InChI=1S/C26H30N6O2/c1-8-18(32(5)6)11-9-10-12-27-25-24-19-14-22(33-7)20(23-15(2)31-34-16(23)3)13-21(19)30-26(24)29-17(4)28-25/h8-11,13-14H,1,12H2,2-7H3,(H2,27,28,29,30)/b10-9-,18-11+. The Morgan fingerprint density at radius 3 is 2.68 bits per heavy atom. The number of aryl methyl sites for hydroxylation is 3. The quantitative estimate of drug-likeness (QED) is 0.346. The molecule has 0 unspecified atom stereocenters. The molecule has 8 heteroatoms. The molecular weight excluding hydrogens is 428 g/mol. The molecule has 8 nitrogen and oxygen atoms in total. The third-order valence-corrected chi connectivity index (χ3v) is 5.70. The molecule has 3 heterocycles. The molecule has 2 N–H and O–H groups in total. The summed E-state index contributed by atoms with van der Waals surface area (Å²) in [5.41, 5.74) is 5.42. The van der Waals surface area contributed by atoms with E-state index in [2.05, 4.69) is 38.1 Å². The van der Waals surface area contributed by atoms with E-state index in [0.717, 1.165) is 61.8 Å². The van der Waals surface area contributed by atoms with Crippen LogP contribution in [0.2, 0.25) is 0 Å². The summed E-state index contributed by atoms with van der Waals surface area (Å²) in [6.45, 7) is 10.2. The summed E-state index contributed by atoms with van der Waals surface area (Å²) in [5, 5.41) is 9.44. The highest BCUT2D eigenvalue weighted by atomic mass is 16.5. The molecule has 3 aromatic heterocycles. The summed E-state index contributed by atoms with van der Waals surface area (Å²) < 4.78 is 11.1. The first-order chi connectivity index (χ1) is 16.3. The van der Waals surface area contributed by atoms with Gasteiger partial charge in [-0.3, -0.25) is 0 Å². The molecule has 0 aliphatic carbocycles. The summed E-state index contributed by atoms with van der Waals surface area (Å²) in [6.07, 6.45) is 7.89. The van der Waals surface area contributed by atoms with Gasteiger partial charge in [-0.25, -0.2) is 9.97 Å². The zero-order valence-electron chi connectivity index (χ0n) is 20.5. The van der Waals surface area contributed by atoms with Crippen molar-refractivity contribution in [3.05, 3.63) is 66.0 Å². The maximum Gasteiger partial charge on any atom is 0.144 e. The maximum atomic E-state index is 5.76. The van der Waals surface area contributed by atoms with Crippen molar-refractivity contribution in [2.75, 3.05) is 33.1 Å². The number of nitrogens with one attached hydrogen (secondary N) is 2. The van der Waals surface area contributed by atoms with E-state index in [9.17, 15) is 0 Å². The van der Waals surface area contributed by atoms with Crippen LogP contribution in [0.1, 0.15) is 17.3 Å². The highest BCUT2D eigenvalue weighted by Gasteiger charge is 2.20. The van der Waals surface area contributed by atoms with Gasteiger partial charge < -0.3 is 24.5 Å². The fourth-order valence-corrected chi connectivity index (χ4v) is 4.09. The Bertz CT molecular complexity index is 1410. The highest BCUT2D eigenvalue weighted by molar-refractivity contribution is 6.12. The van der Waals surface area contributed by atoms with Crippen LogP contribution in [0.4, 0.5) is 5.82 Å². The molecule has 34 heavy (non-hydrogen) atoms. The minimum Gasteiger partial charge on any atom is -0.496 e. The second kappa shape index (κ2) is 9.43. The van der Waals surface area contributed by atoms with Gasteiger partial charge in [0.05, 0.1) is 23.8 Å². The van der Waals surface area contributed by atoms with Gasteiger partial charge >= 0.3 is 0 Å². The van der Waals surface area contributed by atoms with Crippen molar-refractivity contribution in [3.63, 3.8) is 0 Å². The van der Waals surface area contributed by atoms with Gasteiger partial charge in [0.2, 0.25) is 0 Å². The lowest BCUT2D eigenvalue weighted by molar-refractivity contribution is 0.393. The van der Waals surface area contributed by atoms with E-state index in [-0.39, 0.29) is 0 Å². The van der Waals surface area contributed by atoms with Crippen molar-refractivity contribution in [3.8, 4) is 16.9 Å². The number of methoxy groups -OCH3 is 1. The molecule has 176 valence electrons. The first kappa shape index (κ1) is 23.1. The molecule has 0 amide bonds. The van der Waals surface area contributed by atoms with E-state index in [1.165, 1.54) is 0 Å². The normalized spacial score (nSPS) is 12.1. The number of rotatable bonds is 8. The van der Waals surface area contributed by atoms with E-state index in [0.29, 0.717) is 12.4 Å². The number of benzene rings is 1. The highest BCUT2D eigenvalue weighted by Crippen LogP contribution is 2.40. The van der Waals surface area contributed by atoms with E-state index in [1.54, 1.807) is 7.11 Å². The van der Waals surface area contributed by atoms with Gasteiger partial charge in [-0.2, -0.15) is 0 Å². The van der Waals surface area contributed by atoms with Gasteiger partial charge in [-0.1, -0.05) is 23.9 Å². The monoisotopic (exact) mass is 458 g/mol. The number of nitrogens with zero attached hydrogens (tertiary/aromatic N) is 4. The van der Waals surface area contributed by atoms with Crippen LogP contribution in [0.5, 0.6) is 5.75 Å². The number of hydrogen-bond acceptors (Lipinski definition) is 7. The number of aromatic nitrogens is 4. The van der Waals surface area contributed by atoms with Gasteiger partial charge in [0, 0.05) is 42.8 Å². The van der Waals surface area contributed by atoms with Crippen LogP contribution in [-0.4, -0.2) is 52.8 Å². The van der Waals surface area contributed by atoms with Crippen molar-refractivity contribution in [2.45, 2.75) is 20.8 Å². The number of anilines is 1. The Labute approximate surface area is 199 Å². The topological polar surface area (TPSA) is 92.1 Å². The Balaban J connectivity index is 1.76. The molecule has 1 aromatic carbocycles. The zero-order chi connectivity index (χ0) is 24.4. The van der Waals surface area contributed by atoms with E-state index in [1.807, 2.05) is 70.1 Å². The van der Waals surface area contributed by atoms with Crippen LogP contribution < -0.4 is 10.1 Å². The summed E-state index contributed by atoms with van der Waals surface area (Å²) in [7, 11) is 5.64. The minimum atomic E-state index is 0.612. The molecule has 0 bridgehead atoms. The summed E-state index contributed by atoms with van der Waals surface area (Å²) in [6, 6.07) is 4.08. The van der Waals surface area contributed by atoms with E-state index >= 15 is 0 Å². The van der Waals surface area contributed by atoms with Crippen LogP contribution in [0.15, 0.2) is 53.2 Å². The van der Waals surface area contributed by atoms with Crippen molar-refractivity contribution < 1.29 is 9.26 Å². The average molecular weight is 459 g/mol. The zero-order valence-corrected chi connectivity index (χ0v) is 20.5. The number of aromatic amines is 1. The number of fused-ring (bicyclic) bond motifs is 3. The second-order valence-corrected chi connectivity index (χ2v) is 8.26. The van der Waals surface area contributed by atoms with E-state index in [4.69, 9.17) is 9.26 Å². The lowest BCUT2D eigenvalue weighted by Crippen LogP contribution is -2.08. The molecule has 0 radical (unpaired) electrons. The third kappa shape index (κ3) is 4.26. The predicted octanol–water partition coefficient (Wildman–Crippen LogP) is 5.30. The summed E-state index contributed by atoms with van der Waals surface area (Å²) >= 11 is 0. The fourth-order valence-electron chi connectivity index (χ4n) is 4.09. The summed E-state index contributed by atoms with van der Waals surface area (Å²) in [4.78, 5) is 14.8. The van der Waals surface area contributed by atoms with Crippen molar-refractivity contribution >= 4 is 27.8 Å². The minimum absolute atomic E-state index is 0.612. The Morgan fingerprint density at radius 1 is 1.24 bits per heavy atom. The molecule has 0 aliphatic heterocycles. The predicted molar refractivity (Wildman–Crippen MR) is 137 cm³/mol. The maximum absolute atomic E-state index is 5.76. The van der Waals surface area contributed by atoms with Crippen molar-refractivity contribution in [1.82, 2.24) is 25.0 Å². The molecule has 0 saturated heterocycles. The number of allylic oxidation sites excluding steroid dienone is 3. The number of hydrogen-bond donors (Lipinski definition) is 2. The molecule has 0 fully saturated rings. The second-order valence-electron chi connectivity index (χ2n) is 8.26. The lowest BCUT2D eigenvalue weighted by Gasteiger charge is -2.12. The SMILES string of the molecule is C=C/C(=C\C=C/CNc1nc(C)nc2[nH]c3cc(-c4c(C)noc4C)c(OC)cc3c12)N(C)C. The molecular formula is C26H30N6O2. The largest absolute Gasteiger partial charge is 0.496 e. The first-order valence-corrected chi connectivity index (χ1v) is 11.1. The molecule has 4 aromatic rings. The van der Waals surface area contributed by atoms with Crippen LogP contribution in [0.3, 0.4) is 0 Å². The molecule has 0 atom stereocenters. The molecule has 0 aliphatic rings. The van der Waals surface area contributed by atoms with E-state index < -0.39 is 0 Å². The van der Waals surface area contributed by atoms with Gasteiger partial charge in [0.25, 0.3) is 0 Å². The van der Waals surface area contributed by atoms with Gasteiger partial charge in [0.1, 0.15) is 28.8 Å². The molecule has 0 saturated carbocycles. The van der Waals surface area contributed by atoms with Crippen molar-refractivity contribution in [2.24, 2.45) is 0 Å². The molecule has 4 rings (SSSR count). The van der Waals surface area contributed by atoms with Gasteiger partial charge in [-0.15, -0.1) is 0 Å². The average Bonchev–Trinajstić information content (AvgIpc) is 3.32. The van der Waals surface area contributed by atoms with Crippen molar-refractivity contribution in [1.29, 1.82) is 0 Å². The molecule has 0 spiro atoms. The van der Waals surface area contributed by atoms with Gasteiger partial charge in [0.15, 0.2) is 0 Å². The Morgan fingerprint density at radius 2 is 2.03 bits per heavy atom. The lowest BCUT2D eigenvalue weighted by atomic mass is 10.0. The number of ether oxygens (including phenoxy) is 1. The van der Waals surface area contributed by atoms with Crippen LogP contribution in [-0.2, 0) is 0 Å². The van der Waals surface area contributed by atoms with Crippen LogP contribution in [0, 0.1) is 20.8 Å². The third-order valence-electron chi connectivity index (χ3n) is 5.70. The fraction of sp³-hybridized carbons (Fsp3) is 0.269. The number of H-pyrrole nitrogens is 1. The van der Waals surface area contributed by atoms with Crippen LogP contribution >= 0.6 is 0 Å². The smallest absolute Gasteiger partial charge is 0.144 e. The Kier molecular flexibility index (Phi) is 6.40. The van der Waals surface area contributed by atoms with Gasteiger partial charge in [-0.05, 0) is 45.1 Å². The van der Waals surface area contributed by atoms with Crippen LogP contribution in [0.25, 0.3) is 33.1 Å². The first-order valence-electron chi connectivity index (χ1n) is 11.1. The summed E-state index contributed by atoms with van der Waals surface area (Å²) in [5.74, 6) is 2.94. The number of likely N-dealkylation sites (N-methyl/N-ethyl adjacent to an activating group) is 1. The Hall–Kier alpha value is -4.07.